The Bertz CT molecular complexity index is 881. The van der Waals surface area contributed by atoms with Crippen LogP contribution in [0.15, 0.2) is 48.0 Å². The molecule has 0 aromatic heterocycles. The molecule has 120 valence electrons. The Labute approximate surface area is 137 Å². The van der Waals surface area contributed by atoms with Crippen LogP contribution in [0.4, 0.5) is 5.69 Å². The average molecular weight is 324 g/mol. The lowest BCUT2D eigenvalue weighted by Gasteiger charge is -2.04. The number of ether oxygens (including phenoxy) is 1. The van der Waals surface area contributed by atoms with Gasteiger partial charge in [0.05, 0.1) is 12.0 Å². The van der Waals surface area contributed by atoms with Crippen molar-refractivity contribution in [3.8, 4) is 17.6 Å². The van der Waals surface area contributed by atoms with Crippen LogP contribution in [-0.2, 0) is 0 Å². The predicted molar refractivity (Wildman–Crippen MR) is 85.7 cm³/mol. The second-order valence-corrected chi connectivity index (χ2v) is 4.74. The first-order valence-electron chi connectivity index (χ1n) is 6.74. The molecule has 0 amide bonds. The van der Waals surface area contributed by atoms with Gasteiger partial charge in [-0.05, 0) is 23.8 Å². The van der Waals surface area contributed by atoms with Crippen LogP contribution in [0.2, 0.25) is 0 Å². The van der Waals surface area contributed by atoms with Crippen molar-refractivity contribution in [3.05, 3.63) is 69.3 Å². The minimum absolute atomic E-state index is 0.0368. The van der Waals surface area contributed by atoms with E-state index in [0.717, 1.165) is 6.07 Å². The van der Waals surface area contributed by atoms with Crippen LogP contribution in [0.1, 0.15) is 15.9 Å². The number of rotatable bonds is 5. The molecule has 2 rings (SSSR count). The van der Waals surface area contributed by atoms with Gasteiger partial charge in [-0.2, -0.15) is 5.26 Å². The number of Topliss-reactive ketones (excluding diaryl/α,β-unsaturated/α-hetero) is 1. The number of hydrogen-bond acceptors (Lipinski definition) is 6. The Hall–Kier alpha value is -3.66. The molecule has 7 heteroatoms. The maximum absolute atomic E-state index is 12.4. The molecule has 0 aliphatic carbocycles. The van der Waals surface area contributed by atoms with Gasteiger partial charge in [0.25, 0.3) is 5.69 Å². The monoisotopic (exact) mass is 324 g/mol. The lowest BCUT2D eigenvalue weighted by molar-refractivity contribution is -0.384. The molecule has 0 fully saturated rings. The van der Waals surface area contributed by atoms with Gasteiger partial charge in [0.15, 0.2) is 11.5 Å². The minimum atomic E-state index is -0.642. The molecule has 0 atom stereocenters. The summed E-state index contributed by atoms with van der Waals surface area (Å²) in [7, 11) is 1.40. The van der Waals surface area contributed by atoms with E-state index < -0.39 is 10.7 Å². The van der Waals surface area contributed by atoms with Crippen LogP contribution in [-0.4, -0.2) is 22.9 Å². The highest BCUT2D eigenvalue weighted by Crippen LogP contribution is 2.27. The number of carbonyl (C=O) groups is 1. The second-order valence-electron chi connectivity index (χ2n) is 4.74. The number of carbonyl (C=O) groups excluding carboxylic acids is 1. The van der Waals surface area contributed by atoms with Gasteiger partial charge in [0, 0.05) is 17.7 Å². The van der Waals surface area contributed by atoms with Crippen molar-refractivity contribution >= 4 is 17.5 Å². The Balaban J connectivity index is 2.39. The van der Waals surface area contributed by atoms with Crippen molar-refractivity contribution in [2.75, 3.05) is 7.11 Å². The fourth-order valence-electron chi connectivity index (χ4n) is 2.03. The number of methoxy groups -OCH3 is 1. The molecular weight excluding hydrogens is 312 g/mol. The number of nitrogens with zero attached hydrogens (tertiary/aromatic N) is 2. The van der Waals surface area contributed by atoms with Crippen LogP contribution in [0, 0.1) is 21.4 Å². The summed E-state index contributed by atoms with van der Waals surface area (Å²) in [6.45, 7) is 0. The summed E-state index contributed by atoms with van der Waals surface area (Å²) in [6.07, 6.45) is 1.29. The van der Waals surface area contributed by atoms with E-state index in [2.05, 4.69) is 0 Å². The molecule has 0 heterocycles. The van der Waals surface area contributed by atoms with E-state index in [1.807, 2.05) is 0 Å². The number of hydrogen-bond donors (Lipinski definition) is 1. The number of phenolic OH excluding ortho intramolecular Hbond substituents is 1. The van der Waals surface area contributed by atoms with Crippen molar-refractivity contribution < 1.29 is 19.6 Å². The first-order chi connectivity index (χ1) is 11.5. The summed E-state index contributed by atoms with van der Waals surface area (Å²) in [6, 6.07) is 11.3. The Morgan fingerprint density at radius 2 is 2.08 bits per heavy atom. The summed E-state index contributed by atoms with van der Waals surface area (Å²) >= 11 is 0. The molecule has 0 saturated heterocycles. The third-order valence-corrected chi connectivity index (χ3v) is 3.20. The number of benzene rings is 2. The van der Waals surface area contributed by atoms with E-state index >= 15 is 0 Å². The number of nitro groups is 1. The number of non-ortho nitro benzene ring substituents is 1. The highest BCUT2D eigenvalue weighted by atomic mass is 16.6. The van der Waals surface area contributed by atoms with Crippen molar-refractivity contribution in [3.63, 3.8) is 0 Å². The van der Waals surface area contributed by atoms with Gasteiger partial charge in [-0.25, -0.2) is 0 Å². The van der Waals surface area contributed by atoms with Crippen molar-refractivity contribution in [2.45, 2.75) is 0 Å². The van der Waals surface area contributed by atoms with Crippen LogP contribution < -0.4 is 4.74 Å². The molecule has 0 aliphatic rings. The zero-order chi connectivity index (χ0) is 17.7. The highest BCUT2D eigenvalue weighted by molar-refractivity contribution is 6.14. The zero-order valence-corrected chi connectivity index (χ0v) is 12.6. The van der Waals surface area contributed by atoms with Crippen molar-refractivity contribution in [1.82, 2.24) is 0 Å². The quantitative estimate of drug-likeness (QED) is 0.297. The highest BCUT2D eigenvalue weighted by Gasteiger charge is 2.16. The first-order valence-corrected chi connectivity index (χ1v) is 6.74. The van der Waals surface area contributed by atoms with Crippen molar-refractivity contribution in [1.29, 1.82) is 5.26 Å². The lowest BCUT2D eigenvalue weighted by atomic mass is 10.0. The molecule has 0 aliphatic heterocycles. The number of nitro benzene ring substituents is 1. The smallest absolute Gasteiger partial charge is 0.270 e. The number of aromatic hydroxyl groups is 1. The Kier molecular flexibility index (Phi) is 4.92. The van der Waals surface area contributed by atoms with Gasteiger partial charge in [0.2, 0.25) is 5.78 Å². The Morgan fingerprint density at radius 1 is 1.33 bits per heavy atom. The van der Waals surface area contributed by atoms with Gasteiger partial charge in [-0.3, -0.25) is 14.9 Å². The van der Waals surface area contributed by atoms with E-state index in [1.165, 1.54) is 43.5 Å². The van der Waals surface area contributed by atoms with Gasteiger partial charge < -0.3 is 9.84 Å². The summed E-state index contributed by atoms with van der Waals surface area (Å²) in [5.41, 5.74) is 0.0126. The number of phenols is 1. The molecule has 2 aromatic rings. The van der Waals surface area contributed by atoms with Gasteiger partial charge in [-0.1, -0.05) is 18.2 Å². The average Bonchev–Trinajstić information content (AvgIpc) is 2.59. The molecule has 0 saturated carbocycles. The number of nitriles is 1. The van der Waals surface area contributed by atoms with Gasteiger partial charge in [0.1, 0.15) is 11.6 Å². The standard InChI is InChI=1S/C17H12N2O5/c1-24-16-6-5-11(8-15(16)20)7-13(10-18)17(21)12-3-2-4-14(9-12)19(22)23/h2-9,20H,1H3/b13-7+. The molecule has 2 aromatic carbocycles. The van der Waals surface area contributed by atoms with Gasteiger partial charge in [-0.15, -0.1) is 0 Å². The molecule has 24 heavy (non-hydrogen) atoms. The fourth-order valence-corrected chi connectivity index (χ4v) is 2.03. The van der Waals surface area contributed by atoms with E-state index in [9.17, 15) is 25.3 Å². The molecule has 7 nitrogen and oxygen atoms in total. The number of ketones is 1. The largest absolute Gasteiger partial charge is 0.504 e. The minimum Gasteiger partial charge on any atom is -0.504 e. The summed E-state index contributed by atoms with van der Waals surface area (Å²) < 4.78 is 4.92. The summed E-state index contributed by atoms with van der Waals surface area (Å²) in [5, 5.41) is 29.7. The lowest BCUT2D eigenvalue weighted by Crippen LogP contribution is -2.02. The molecule has 1 N–H and O–H groups in total. The van der Waals surface area contributed by atoms with E-state index in [4.69, 9.17) is 4.74 Å². The topological polar surface area (TPSA) is 113 Å². The SMILES string of the molecule is COc1ccc(/C=C(\C#N)C(=O)c2cccc([N+](=O)[O-])c2)cc1O. The van der Waals surface area contributed by atoms with E-state index in [0.29, 0.717) is 5.56 Å². The molecule has 0 unspecified atom stereocenters. The number of allylic oxidation sites excluding steroid dienone is 1. The normalized spacial score (nSPS) is 10.8. The van der Waals surface area contributed by atoms with Crippen molar-refractivity contribution in [2.24, 2.45) is 0 Å². The van der Waals surface area contributed by atoms with E-state index in [1.54, 1.807) is 12.1 Å². The zero-order valence-electron chi connectivity index (χ0n) is 12.6. The molecule has 0 radical (unpaired) electrons. The summed E-state index contributed by atoms with van der Waals surface area (Å²) in [4.78, 5) is 22.5. The maximum atomic E-state index is 12.4. The maximum Gasteiger partial charge on any atom is 0.270 e. The molecule has 0 spiro atoms. The second kappa shape index (κ2) is 7.07. The van der Waals surface area contributed by atoms with Crippen LogP contribution >= 0.6 is 0 Å². The van der Waals surface area contributed by atoms with Crippen LogP contribution in [0.3, 0.4) is 0 Å². The van der Waals surface area contributed by atoms with Crippen LogP contribution in [0.5, 0.6) is 11.5 Å². The Morgan fingerprint density at radius 3 is 2.67 bits per heavy atom. The third kappa shape index (κ3) is 3.56. The van der Waals surface area contributed by atoms with Crippen LogP contribution in [0.25, 0.3) is 6.08 Å². The fraction of sp³-hybridized carbons (Fsp3) is 0.0588. The molecular formula is C17H12N2O5. The third-order valence-electron chi connectivity index (χ3n) is 3.20. The first kappa shape index (κ1) is 16.7. The van der Waals surface area contributed by atoms with E-state index in [-0.39, 0.29) is 28.3 Å². The summed E-state index contributed by atoms with van der Waals surface area (Å²) in [5.74, 6) is -0.515. The molecule has 0 bridgehead atoms. The van der Waals surface area contributed by atoms with Gasteiger partial charge >= 0.3 is 0 Å². The predicted octanol–water partition coefficient (Wildman–Crippen LogP) is 3.10.